The number of carbonyl (C=O) groups is 2. The van der Waals surface area contributed by atoms with Crippen molar-refractivity contribution in [1.29, 1.82) is 0 Å². The van der Waals surface area contributed by atoms with Crippen LogP contribution in [0.25, 0.3) is 5.70 Å². The molecule has 1 atom stereocenters. The number of hydrogen-bond donors (Lipinski definition) is 4. The van der Waals surface area contributed by atoms with Gasteiger partial charge in [-0.2, -0.15) is 0 Å². The predicted octanol–water partition coefficient (Wildman–Crippen LogP) is 3.06. The predicted molar refractivity (Wildman–Crippen MR) is 161 cm³/mol. The Balaban J connectivity index is 1.33. The van der Waals surface area contributed by atoms with E-state index in [1.807, 2.05) is 32.2 Å². The Labute approximate surface area is 247 Å². The van der Waals surface area contributed by atoms with Gasteiger partial charge in [-0.3, -0.25) is 4.79 Å². The molecule has 0 bridgehead atoms. The first-order chi connectivity index (χ1) is 19.8. The fourth-order valence-electron chi connectivity index (χ4n) is 5.82. The number of carboxylic acid groups (broad SMARTS) is 1. The summed E-state index contributed by atoms with van der Waals surface area (Å²) in [6.07, 6.45) is 1.88. The molecular formula is C30H42N8O4. The number of rotatable bonds is 7. The minimum Gasteiger partial charge on any atom is -0.480 e. The zero-order valence-corrected chi connectivity index (χ0v) is 25.3. The molecule has 226 valence electrons. The van der Waals surface area contributed by atoms with Crippen molar-refractivity contribution in [3.8, 4) is 0 Å². The number of alkyl carbamates (subject to hydrolysis) is 1. The van der Waals surface area contributed by atoms with Crippen molar-refractivity contribution in [2.45, 2.75) is 52.7 Å². The molecule has 5 rings (SSSR count). The van der Waals surface area contributed by atoms with Gasteiger partial charge in [0.05, 0.1) is 11.4 Å². The number of carbonyl (C=O) groups excluding carboxylic acids is 1. The summed E-state index contributed by atoms with van der Waals surface area (Å²) in [5.41, 5.74) is 7.38. The first-order valence-corrected chi connectivity index (χ1v) is 14.5. The minimum absolute atomic E-state index is 0.209. The maximum atomic E-state index is 12.5. The van der Waals surface area contributed by atoms with Crippen molar-refractivity contribution in [2.24, 2.45) is 5.41 Å². The normalized spacial score (nSPS) is 20.4. The molecule has 4 N–H and O–H groups in total. The molecule has 1 amide bonds. The molecule has 12 heteroatoms. The number of nitrogens with zero attached hydrogens (tertiary/aromatic N) is 5. The van der Waals surface area contributed by atoms with Crippen LogP contribution in [0.15, 0.2) is 36.0 Å². The van der Waals surface area contributed by atoms with E-state index in [1.54, 1.807) is 25.8 Å². The van der Waals surface area contributed by atoms with Crippen LogP contribution in [0.4, 0.5) is 22.1 Å². The molecule has 0 spiro atoms. The summed E-state index contributed by atoms with van der Waals surface area (Å²) >= 11 is 0. The van der Waals surface area contributed by atoms with Gasteiger partial charge in [-0.05, 0) is 75.1 Å². The molecule has 1 unspecified atom stereocenters. The number of likely N-dealkylation sites (N-methyl/N-ethyl adjacent to an activating group) is 1. The molecule has 1 aromatic carbocycles. The van der Waals surface area contributed by atoms with E-state index in [-0.39, 0.29) is 13.1 Å². The third-order valence-electron chi connectivity index (χ3n) is 7.82. The van der Waals surface area contributed by atoms with Crippen molar-refractivity contribution >= 4 is 35.1 Å². The molecule has 0 radical (unpaired) electrons. The number of benzene rings is 1. The van der Waals surface area contributed by atoms with Crippen molar-refractivity contribution in [2.75, 3.05) is 56.5 Å². The van der Waals surface area contributed by atoms with Crippen LogP contribution in [0.5, 0.6) is 0 Å². The number of anilines is 3. The second-order valence-electron chi connectivity index (χ2n) is 12.9. The van der Waals surface area contributed by atoms with E-state index in [0.29, 0.717) is 23.8 Å². The van der Waals surface area contributed by atoms with Crippen molar-refractivity contribution in [1.82, 2.24) is 30.6 Å². The molecule has 1 fully saturated rings. The molecule has 1 aromatic heterocycles. The van der Waals surface area contributed by atoms with Crippen LogP contribution in [0.3, 0.4) is 0 Å². The van der Waals surface area contributed by atoms with Gasteiger partial charge in [-0.15, -0.1) is 0 Å². The molecule has 2 aromatic rings. The molecule has 0 saturated carbocycles. The van der Waals surface area contributed by atoms with E-state index < -0.39 is 29.1 Å². The highest BCUT2D eigenvalue weighted by atomic mass is 16.6. The van der Waals surface area contributed by atoms with E-state index in [0.717, 1.165) is 43.0 Å². The van der Waals surface area contributed by atoms with Gasteiger partial charge in [0, 0.05) is 56.8 Å². The summed E-state index contributed by atoms with van der Waals surface area (Å²) in [7, 11) is 2.15. The van der Waals surface area contributed by atoms with Gasteiger partial charge in [-0.25, -0.2) is 19.8 Å². The maximum Gasteiger partial charge on any atom is 0.407 e. The largest absolute Gasteiger partial charge is 0.480 e. The molecule has 3 aliphatic rings. The second-order valence-corrected chi connectivity index (χ2v) is 12.9. The first-order valence-electron chi connectivity index (χ1n) is 14.5. The Hall–Kier alpha value is -3.90. The first kappa shape index (κ1) is 29.6. The van der Waals surface area contributed by atoms with Crippen LogP contribution in [0, 0.1) is 5.41 Å². The minimum atomic E-state index is -0.964. The second kappa shape index (κ2) is 11.4. The van der Waals surface area contributed by atoms with Crippen molar-refractivity contribution in [3.05, 3.63) is 47.3 Å². The van der Waals surface area contributed by atoms with Gasteiger partial charge >= 0.3 is 12.1 Å². The van der Waals surface area contributed by atoms with E-state index in [4.69, 9.17) is 9.72 Å². The zero-order chi connectivity index (χ0) is 30.2. The SMILES string of the molecule is CN1CCN(c2ccc(Nc3ncc4c(n3)C3=C(C(C(=O)O)N(CCNC(=O)OC(C)(C)C)N3)C(C)(C)C4)cc2)CC1. The fourth-order valence-corrected chi connectivity index (χ4v) is 5.82. The van der Waals surface area contributed by atoms with E-state index >= 15 is 0 Å². The quantitative estimate of drug-likeness (QED) is 0.386. The molecule has 3 heterocycles. The number of aliphatic carboxylic acids is 1. The lowest BCUT2D eigenvalue weighted by atomic mass is 9.71. The highest BCUT2D eigenvalue weighted by molar-refractivity contribution is 5.86. The van der Waals surface area contributed by atoms with Gasteiger partial charge in [0.1, 0.15) is 5.60 Å². The Kier molecular flexibility index (Phi) is 8.04. The average molecular weight is 579 g/mol. The Morgan fingerprint density at radius 3 is 2.48 bits per heavy atom. The lowest BCUT2D eigenvalue weighted by molar-refractivity contribution is -0.142. The standard InChI is InChI=1S/C30H42N8O4/c1-29(2,3)42-28(41)31-11-12-38-25(26(39)40)22-24(35-38)23-19(17-30(22,4)5)18-32-27(34-23)33-20-7-9-21(10-8-20)37-15-13-36(6)14-16-37/h7-10,18,25,35H,11-17H2,1-6H3,(H,31,41)(H,39,40)(H,32,33,34). The summed E-state index contributed by atoms with van der Waals surface area (Å²) in [4.78, 5) is 38.8. The van der Waals surface area contributed by atoms with Crippen LogP contribution in [-0.2, 0) is 16.0 Å². The molecule has 2 aliphatic heterocycles. The third-order valence-corrected chi connectivity index (χ3v) is 7.82. The Morgan fingerprint density at radius 2 is 1.83 bits per heavy atom. The van der Waals surface area contributed by atoms with Crippen LogP contribution in [-0.4, -0.2) is 95.0 Å². The maximum absolute atomic E-state index is 12.5. The Morgan fingerprint density at radius 1 is 1.14 bits per heavy atom. The molecule has 1 saturated heterocycles. The summed E-state index contributed by atoms with van der Waals surface area (Å²) in [5.74, 6) is -0.527. The summed E-state index contributed by atoms with van der Waals surface area (Å²) < 4.78 is 5.31. The fraction of sp³-hybridized carbons (Fsp3) is 0.533. The topological polar surface area (TPSA) is 135 Å². The van der Waals surface area contributed by atoms with E-state index in [9.17, 15) is 14.7 Å². The zero-order valence-electron chi connectivity index (χ0n) is 25.3. The summed E-state index contributed by atoms with van der Waals surface area (Å²) in [6.45, 7) is 14.0. The van der Waals surface area contributed by atoms with Crippen LogP contribution in [0.1, 0.15) is 45.9 Å². The number of hydrogen-bond acceptors (Lipinski definition) is 10. The number of amides is 1. The molecule has 42 heavy (non-hydrogen) atoms. The third kappa shape index (κ3) is 6.44. The number of piperazine rings is 1. The van der Waals surface area contributed by atoms with Gasteiger partial charge in [0.2, 0.25) is 5.95 Å². The lowest BCUT2D eigenvalue weighted by Gasteiger charge is -2.34. The number of carboxylic acids is 1. The average Bonchev–Trinajstić information content (AvgIpc) is 3.30. The summed E-state index contributed by atoms with van der Waals surface area (Å²) in [5, 5.41) is 17.9. The highest BCUT2D eigenvalue weighted by Gasteiger charge is 2.48. The monoisotopic (exact) mass is 578 g/mol. The number of hydrazine groups is 1. The van der Waals surface area contributed by atoms with Gasteiger partial charge in [0.15, 0.2) is 6.04 Å². The molecule has 12 nitrogen and oxygen atoms in total. The van der Waals surface area contributed by atoms with E-state index in [1.165, 1.54) is 5.69 Å². The van der Waals surface area contributed by atoms with Crippen LogP contribution >= 0.6 is 0 Å². The van der Waals surface area contributed by atoms with E-state index in [2.05, 4.69) is 50.0 Å². The van der Waals surface area contributed by atoms with Crippen molar-refractivity contribution < 1.29 is 19.4 Å². The van der Waals surface area contributed by atoms with Crippen molar-refractivity contribution in [3.63, 3.8) is 0 Å². The van der Waals surface area contributed by atoms with Gasteiger partial charge in [-0.1, -0.05) is 13.8 Å². The van der Waals surface area contributed by atoms with Crippen LogP contribution in [0.2, 0.25) is 0 Å². The smallest absolute Gasteiger partial charge is 0.407 e. The number of aromatic nitrogens is 2. The van der Waals surface area contributed by atoms with Gasteiger partial charge in [0.25, 0.3) is 0 Å². The lowest BCUT2D eigenvalue weighted by Crippen LogP contribution is -2.48. The number of fused-ring (bicyclic) bond motifs is 2. The highest BCUT2D eigenvalue weighted by Crippen LogP contribution is 2.46. The molecular weight excluding hydrogens is 536 g/mol. The van der Waals surface area contributed by atoms with Gasteiger partial charge < -0.3 is 35.7 Å². The van der Waals surface area contributed by atoms with Crippen LogP contribution < -0.4 is 21.0 Å². The number of nitrogens with one attached hydrogen (secondary N) is 3. The summed E-state index contributed by atoms with van der Waals surface area (Å²) in [6, 6.07) is 7.36. The Bertz CT molecular complexity index is 1360. The molecule has 1 aliphatic carbocycles. The number of ether oxygens (including phenoxy) is 1.